The third-order valence-electron chi connectivity index (χ3n) is 15.0. The van der Waals surface area contributed by atoms with Gasteiger partial charge in [-0.2, -0.15) is 0 Å². The quantitative estimate of drug-likeness (QED) is 0.176. The molecule has 2 nitrogen and oxygen atoms in total. The second kappa shape index (κ2) is 11.3. The third kappa shape index (κ3) is 4.55. The van der Waals surface area contributed by atoms with Crippen LogP contribution < -0.4 is 4.90 Å². The SMILES string of the molecule is Cn1c2ccccc2c2c3c(ccc21)C(C)(C)c1cc(N(c2ccc(C4CCCCC4)cc2)c2ccc(C45CC6CC(CC(C6)C4)C5)cc2)ccc1-3. The van der Waals surface area contributed by atoms with Gasteiger partial charge >= 0.3 is 0 Å². The summed E-state index contributed by atoms with van der Waals surface area (Å²) in [6.45, 7) is 4.87. The van der Waals surface area contributed by atoms with E-state index in [1.54, 1.807) is 5.56 Å². The van der Waals surface area contributed by atoms with E-state index in [0.717, 1.165) is 17.8 Å². The number of hydrogen-bond acceptors (Lipinski definition) is 1. The van der Waals surface area contributed by atoms with Crippen molar-refractivity contribution in [1.82, 2.24) is 4.57 Å². The summed E-state index contributed by atoms with van der Waals surface area (Å²) in [4.78, 5) is 2.54. The molecule has 0 N–H and O–H groups in total. The number of rotatable bonds is 5. The van der Waals surface area contributed by atoms with E-state index < -0.39 is 0 Å². The Bertz CT molecular complexity index is 2310. The Morgan fingerprint density at radius 2 is 1.25 bits per heavy atom. The third-order valence-corrected chi connectivity index (χ3v) is 15.0. The van der Waals surface area contributed by atoms with E-state index in [4.69, 9.17) is 0 Å². The van der Waals surface area contributed by atoms with Crippen molar-refractivity contribution < 1.29 is 0 Å². The topological polar surface area (TPSA) is 8.17 Å². The van der Waals surface area contributed by atoms with Gasteiger partial charge in [-0.15, -0.1) is 0 Å². The highest BCUT2D eigenvalue weighted by Crippen LogP contribution is 2.61. The minimum atomic E-state index is -0.106. The lowest BCUT2D eigenvalue weighted by Gasteiger charge is -2.57. The van der Waals surface area contributed by atoms with Crippen molar-refractivity contribution in [2.75, 3.05) is 4.90 Å². The first kappa shape index (κ1) is 31.2. The van der Waals surface area contributed by atoms with Crippen molar-refractivity contribution in [2.24, 2.45) is 24.8 Å². The van der Waals surface area contributed by atoms with E-state index in [2.05, 4.69) is 133 Å². The van der Waals surface area contributed by atoms with Crippen LogP contribution in [-0.4, -0.2) is 4.57 Å². The van der Waals surface area contributed by atoms with Crippen LogP contribution in [0.3, 0.4) is 0 Å². The van der Waals surface area contributed by atoms with Crippen LogP contribution in [0.15, 0.2) is 103 Å². The number of benzene rings is 5. The molecule has 1 heterocycles. The molecule has 0 unspecified atom stereocenters. The van der Waals surface area contributed by atoms with Gasteiger partial charge in [-0.1, -0.05) is 87.7 Å². The van der Waals surface area contributed by atoms with Gasteiger partial charge in [0.05, 0.1) is 0 Å². The average Bonchev–Trinajstić information content (AvgIpc) is 3.58. The molecular weight excluding hydrogens is 629 g/mol. The fourth-order valence-electron chi connectivity index (χ4n) is 12.8. The normalized spacial score (nSPS) is 25.9. The molecule has 0 atom stereocenters. The van der Waals surface area contributed by atoms with Gasteiger partial charge in [0, 0.05) is 51.3 Å². The lowest BCUT2D eigenvalue weighted by atomic mass is 9.48. The van der Waals surface area contributed by atoms with E-state index in [1.807, 2.05) is 0 Å². The van der Waals surface area contributed by atoms with E-state index in [0.29, 0.717) is 11.3 Å². The van der Waals surface area contributed by atoms with Crippen LogP contribution in [-0.2, 0) is 17.9 Å². The zero-order valence-electron chi connectivity index (χ0n) is 31.3. The molecule has 0 aliphatic heterocycles. The van der Waals surface area contributed by atoms with Gasteiger partial charge < -0.3 is 9.47 Å². The van der Waals surface area contributed by atoms with Gasteiger partial charge in [-0.3, -0.25) is 0 Å². The number of aryl methyl sites for hydroxylation is 1. The van der Waals surface area contributed by atoms with Crippen LogP contribution in [0.1, 0.15) is 113 Å². The molecule has 12 rings (SSSR count). The van der Waals surface area contributed by atoms with Crippen molar-refractivity contribution in [3.05, 3.63) is 125 Å². The highest BCUT2D eigenvalue weighted by atomic mass is 15.1. The number of nitrogens with zero attached hydrogens (tertiary/aromatic N) is 2. The van der Waals surface area contributed by atoms with Gasteiger partial charge in [0.25, 0.3) is 0 Å². The Balaban J connectivity index is 1.03. The summed E-state index contributed by atoms with van der Waals surface area (Å²) in [6.07, 6.45) is 15.5. The summed E-state index contributed by atoms with van der Waals surface area (Å²) in [7, 11) is 2.22. The molecule has 1 aromatic heterocycles. The van der Waals surface area contributed by atoms with Gasteiger partial charge in [-0.05, 0) is 162 Å². The molecule has 52 heavy (non-hydrogen) atoms. The van der Waals surface area contributed by atoms with Crippen LogP contribution in [0.2, 0.25) is 0 Å². The lowest BCUT2D eigenvalue weighted by molar-refractivity contribution is -0.00518. The fraction of sp³-hybridized carbons (Fsp3) is 0.400. The Kier molecular flexibility index (Phi) is 6.82. The van der Waals surface area contributed by atoms with E-state index in [9.17, 15) is 0 Å². The number of para-hydroxylation sites is 1. The molecule has 4 bridgehead atoms. The van der Waals surface area contributed by atoms with Gasteiger partial charge in [0.1, 0.15) is 0 Å². The number of anilines is 3. The van der Waals surface area contributed by atoms with Crippen LogP contribution in [0.4, 0.5) is 17.1 Å². The predicted octanol–water partition coefficient (Wildman–Crippen LogP) is 13.6. The summed E-state index contributed by atoms with van der Waals surface area (Å²) >= 11 is 0. The predicted molar refractivity (Wildman–Crippen MR) is 218 cm³/mol. The average molecular weight is 681 g/mol. The van der Waals surface area contributed by atoms with Gasteiger partial charge in [0.15, 0.2) is 0 Å². The van der Waals surface area contributed by atoms with E-state index in [-0.39, 0.29) is 5.41 Å². The Morgan fingerprint density at radius 1 is 0.615 bits per heavy atom. The molecular formula is C50H52N2. The molecule has 0 spiro atoms. The second-order valence-electron chi connectivity index (χ2n) is 18.3. The largest absolute Gasteiger partial charge is 0.344 e. The van der Waals surface area contributed by atoms with Crippen LogP contribution in [0.5, 0.6) is 0 Å². The van der Waals surface area contributed by atoms with Gasteiger partial charge in [0.2, 0.25) is 0 Å². The molecule has 262 valence electrons. The maximum Gasteiger partial charge on any atom is 0.0495 e. The zero-order valence-corrected chi connectivity index (χ0v) is 31.3. The number of aromatic nitrogens is 1. The zero-order chi connectivity index (χ0) is 34.8. The number of fused-ring (bicyclic) bond motifs is 7. The standard InChI is InChI=1S/C50H52N2/c1-49(2)43-23-24-46-48(42-11-7-8-12-45(42)51(46)3)47(43)41-22-21-40(28-44(41)49)52(38-17-13-36(14-18-38)35-9-5-4-6-10-35)39-19-15-37(16-20-39)50-29-32-25-33(30-50)27-34(26-32)31-50/h7-8,11-24,28,32-35H,4-6,9-10,25-27,29-31H2,1-3H3. The summed E-state index contributed by atoms with van der Waals surface area (Å²) in [5, 5.41) is 2.74. The van der Waals surface area contributed by atoms with Crippen molar-refractivity contribution in [3.8, 4) is 11.1 Å². The van der Waals surface area contributed by atoms with Crippen LogP contribution in [0.25, 0.3) is 32.9 Å². The number of hydrogen-bond donors (Lipinski definition) is 0. The van der Waals surface area contributed by atoms with Crippen LogP contribution in [0, 0.1) is 17.8 Å². The first-order chi connectivity index (χ1) is 25.4. The molecule has 0 saturated heterocycles. The summed E-state index contributed by atoms with van der Waals surface area (Å²) < 4.78 is 2.37. The molecule has 5 fully saturated rings. The highest BCUT2D eigenvalue weighted by molar-refractivity contribution is 6.17. The fourth-order valence-corrected chi connectivity index (χ4v) is 12.8. The molecule has 6 aliphatic carbocycles. The molecule has 0 amide bonds. The van der Waals surface area contributed by atoms with Crippen molar-refractivity contribution >= 4 is 38.9 Å². The summed E-state index contributed by atoms with van der Waals surface area (Å²) in [5.74, 6) is 3.58. The first-order valence-electron chi connectivity index (χ1n) is 20.5. The first-order valence-corrected chi connectivity index (χ1v) is 20.5. The van der Waals surface area contributed by atoms with Crippen molar-refractivity contribution in [3.63, 3.8) is 0 Å². The lowest BCUT2D eigenvalue weighted by Crippen LogP contribution is -2.48. The van der Waals surface area contributed by atoms with E-state index in [1.165, 1.54) is 137 Å². The monoisotopic (exact) mass is 680 g/mol. The molecule has 5 aromatic carbocycles. The maximum absolute atomic E-state index is 2.54. The second-order valence-corrected chi connectivity index (χ2v) is 18.3. The minimum Gasteiger partial charge on any atom is -0.344 e. The van der Waals surface area contributed by atoms with Crippen molar-refractivity contribution in [1.29, 1.82) is 0 Å². The Hall–Kier alpha value is -4.30. The molecule has 6 aromatic rings. The highest BCUT2D eigenvalue weighted by Gasteiger charge is 2.51. The molecule has 5 saturated carbocycles. The summed E-state index contributed by atoms with van der Waals surface area (Å²) in [5.41, 5.74) is 15.5. The molecule has 0 radical (unpaired) electrons. The smallest absolute Gasteiger partial charge is 0.0495 e. The van der Waals surface area contributed by atoms with Crippen molar-refractivity contribution in [2.45, 2.75) is 101 Å². The van der Waals surface area contributed by atoms with E-state index >= 15 is 0 Å². The Labute approximate surface area is 309 Å². The maximum atomic E-state index is 2.54. The summed E-state index contributed by atoms with van der Waals surface area (Å²) in [6, 6.07) is 40.7. The Morgan fingerprint density at radius 3 is 1.94 bits per heavy atom. The molecule has 6 aliphatic rings. The minimum absolute atomic E-state index is 0.106. The van der Waals surface area contributed by atoms with Gasteiger partial charge in [-0.25, -0.2) is 0 Å². The molecule has 2 heteroatoms. The van der Waals surface area contributed by atoms with Crippen LogP contribution >= 0.6 is 0 Å².